The van der Waals surface area contributed by atoms with Crippen molar-refractivity contribution >= 4 is 34.1 Å². The molecule has 0 aliphatic rings. The number of imidazole rings is 1. The van der Waals surface area contributed by atoms with E-state index < -0.39 is 4.92 Å². The van der Waals surface area contributed by atoms with Crippen LogP contribution in [-0.2, 0) is 0 Å². The van der Waals surface area contributed by atoms with Crippen LogP contribution < -0.4 is 10.1 Å². The van der Waals surface area contributed by atoms with Gasteiger partial charge in [0.05, 0.1) is 23.1 Å². The summed E-state index contributed by atoms with van der Waals surface area (Å²) in [5.41, 5.74) is 2.11. The Hall–Kier alpha value is -4.73. The summed E-state index contributed by atoms with van der Waals surface area (Å²) in [4.78, 5) is 38.8. The van der Waals surface area contributed by atoms with E-state index in [0.717, 1.165) is 4.73 Å². The number of carbonyl (C=O) groups excluding carboxylic acids is 2. The molecular formula is C23H18N4O6. The van der Waals surface area contributed by atoms with Crippen molar-refractivity contribution in [3.8, 4) is 17.1 Å². The molecule has 4 rings (SSSR count). The van der Waals surface area contributed by atoms with Gasteiger partial charge in [-0.3, -0.25) is 19.7 Å². The fourth-order valence-corrected chi connectivity index (χ4v) is 3.35. The van der Waals surface area contributed by atoms with Gasteiger partial charge in [-0.2, -0.15) is 4.73 Å². The average Bonchev–Trinajstić information content (AvgIpc) is 3.14. The third-order valence-corrected chi connectivity index (χ3v) is 5.08. The Morgan fingerprint density at radius 3 is 2.39 bits per heavy atom. The third kappa shape index (κ3) is 4.09. The Labute approximate surface area is 187 Å². The van der Waals surface area contributed by atoms with Crippen molar-refractivity contribution in [2.24, 2.45) is 0 Å². The van der Waals surface area contributed by atoms with E-state index in [2.05, 4.69) is 10.3 Å². The molecule has 33 heavy (non-hydrogen) atoms. The molecule has 1 heterocycles. The maximum absolute atomic E-state index is 12.6. The number of hydrogen-bond donors (Lipinski definition) is 2. The number of hydrogen-bond acceptors (Lipinski definition) is 7. The van der Waals surface area contributed by atoms with Crippen LogP contribution in [0.2, 0.25) is 0 Å². The number of nitro benzene ring substituents is 1. The number of ketones is 1. The zero-order valence-corrected chi connectivity index (χ0v) is 17.6. The fraction of sp³-hybridized carbons (Fsp3) is 0.0870. The topological polar surface area (TPSA) is 137 Å². The second-order valence-electron chi connectivity index (χ2n) is 7.18. The quantitative estimate of drug-likeness (QED) is 0.195. The number of amides is 1. The predicted molar refractivity (Wildman–Crippen MR) is 120 cm³/mol. The van der Waals surface area contributed by atoms with E-state index >= 15 is 0 Å². The number of anilines is 1. The van der Waals surface area contributed by atoms with Gasteiger partial charge in [-0.05, 0) is 37.3 Å². The molecule has 4 aromatic rings. The number of rotatable bonds is 6. The number of aromatic nitrogens is 2. The van der Waals surface area contributed by atoms with Gasteiger partial charge in [0.15, 0.2) is 11.6 Å². The highest BCUT2D eigenvalue weighted by atomic mass is 16.6. The lowest BCUT2D eigenvalue weighted by Crippen LogP contribution is -2.12. The van der Waals surface area contributed by atoms with Crippen LogP contribution in [0.15, 0.2) is 60.7 Å². The lowest BCUT2D eigenvalue weighted by molar-refractivity contribution is -0.384. The van der Waals surface area contributed by atoms with Crippen LogP contribution in [0.25, 0.3) is 22.4 Å². The molecule has 0 saturated carbocycles. The second-order valence-corrected chi connectivity index (χ2v) is 7.18. The van der Waals surface area contributed by atoms with Crippen LogP contribution in [0.1, 0.15) is 27.6 Å². The van der Waals surface area contributed by atoms with E-state index in [1.165, 1.54) is 32.2 Å². The molecule has 3 aromatic carbocycles. The average molecular weight is 446 g/mol. The van der Waals surface area contributed by atoms with E-state index in [4.69, 9.17) is 4.74 Å². The molecular weight excluding hydrogens is 428 g/mol. The number of benzene rings is 3. The number of nitrogens with one attached hydrogen (secondary N) is 1. The first-order chi connectivity index (χ1) is 15.8. The first kappa shape index (κ1) is 21.5. The highest BCUT2D eigenvalue weighted by molar-refractivity contribution is 6.05. The van der Waals surface area contributed by atoms with Crippen LogP contribution in [-0.4, -0.2) is 38.6 Å². The van der Waals surface area contributed by atoms with Crippen molar-refractivity contribution in [1.82, 2.24) is 9.71 Å². The van der Waals surface area contributed by atoms with Crippen molar-refractivity contribution < 1.29 is 24.5 Å². The molecule has 0 saturated heterocycles. The molecule has 0 aliphatic heterocycles. The number of Topliss-reactive ketones (excluding diaryl/α,β-unsaturated/α-hetero) is 1. The summed E-state index contributed by atoms with van der Waals surface area (Å²) in [6, 6.07) is 15.0. The molecule has 10 nitrogen and oxygen atoms in total. The Morgan fingerprint density at radius 1 is 1.06 bits per heavy atom. The summed E-state index contributed by atoms with van der Waals surface area (Å²) in [7, 11) is 1.43. The minimum atomic E-state index is -0.558. The molecule has 0 bridgehead atoms. The third-order valence-electron chi connectivity index (χ3n) is 5.08. The zero-order valence-electron chi connectivity index (χ0n) is 17.6. The molecule has 0 aliphatic carbocycles. The number of carbonyl (C=O) groups is 2. The highest BCUT2D eigenvalue weighted by Crippen LogP contribution is 2.34. The van der Waals surface area contributed by atoms with Crippen LogP contribution >= 0.6 is 0 Å². The van der Waals surface area contributed by atoms with Crippen molar-refractivity contribution in [2.45, 2.75) is 6.92 Å². The second kappa shape index (κ2) is 8.42. The monoisotopic (exact) mass is 446 g/mol. The molecule has 1 aromatic heterocycles. The highest BCUT2D eigenvalue weighted by Gasteiger charge is 2.19. The zero-order chi connectivity index (χ0) is 23.7. The Morgan fingerprint density at radius 2 is 1.76 bits per heavy atom. The van der Waals surface area contributed by atoms with E-state index in [1.807, 2.05) is 0 Å². The molecule has 0 fully saturated rings. The number of nitrogens with zero attached hydrogens (tertiary/aromatic N) is 3. The van der Waals surface area contributed by atoms with Gasteiger partial charge >= 0.3 is 0 Å². The van der Waals surface area contributed by atoms with E-state index in [-0.39, 0.29) is 28.7 Å². The lowest BCUT2D eigenvalue weighted by Gasteiger charge is -2.11. The maximum atomic E-state index is 12.6. The number of fused-ring (bicyclic) bond motifs is 1. The maximum Gasteiger partial charge on any atom is 0.271 e. The number of nitro groups is 1. The number of non-ortho nitro benzene ring substituents is 1. The minimum Gasteiger partial charge on any atom is -0.496 e. The molecule has 0 unspecified atom stereocenters. The Bertz CT molecular complexity index is 1410. The van der Waals surface area contributed by atoms with Crippen molar-refractivity contribution in [3.63, 3.8) is 0 Å². The summed E-state index contributed by atoms with van der Waals surface area (Å²) in [5, 5.41) is 24.4. The minimum absolute atomic E-state index is 0.0909. The summed E-state index contributed by atoms with van der Waals surface area (Å²) in [5.74, 6) is -0.0201. The predicted octanol–water partition coefficient (Wildman–Crippen LogP) is 4.31. The summed E-state index contributed by atoms with van der Waals surface area (Å²) in [6.45, 7) is 1.45. The largest absolute Gasteiger partial charge is 0.496 e. The standard InChI is InChI=1S/C23H18N4O6/c1-13(28)14-3-5-15(6-4-14)23(29)24-16-7-9-18(21(11-16)33-2)22-25-19-10-8-17(27(31)32)12-20(19)26(22)30/h3-12,30H,1-2H3,(H,24,29). The van der Waals surface area contributed by atoms with Gasteiger partial charge in [-0.25, -0.2) is 4.98 Å². The first-order valence-corrected chi connectivity index (χ1v) is 9.75. The molecule has 0 atom stereocenters. The molecule has 0 spiro atoms. The van der Waals surface area contributed by atoms with Crippen molar-refractivity contribution in [2.75, 3.05) is 12.4 Å². The van der Waals surface area contributed by atoms with Crippen molar-refractivity contribution in [1.29, 1.82) is 0 Å². The van der Waals surface area contributed by atoms with Gasteiger partial charge in [-0.1, -0.05) is 12.1 Å². The van der Waals surface area contributed by atoms with Gasteiger partial charge in [0.25, 0.3) is 11.6 Å². The van der Waals surface area contributed by atoms with Gasteiger partial charge in [0.1, 0.15) is 11.3 Å². The molecule has 0 radical (unpaired) electrons. The Kier molecular flexibility index (Phi) is 5.49. The lowest BCUT2D eigenvalue weighted by atomic mass is 10.1. The van der Waals surface area contributed by atoms with Crippen LogP contribution in [0.4, 0.5) is 11.4 Å². The first-order valence-electron chi connectivity index (χ1n) is 9.75. The van der Waals surface area contributed by atoms with Gasteiger partial charge in [-0.15, -0.1) is 0 Å². The summed E-state index contributed by atoms with van der Waals surface area (Å²) < 4.78 is 6.18. The number of methoxy groups -OCH3 is 1. The van der Waals surface area contributed by atoms with E-state index in [0.29, 0.717) is 33.6 Å². The SMILES string of the molecule is COc1cc(NC(=O)c2ccc(C(C)=O)cc2)ccc1-c1nc2ccc([N+](=O)[O-])cc2n1O. The van der Waals surface area contributed by atoms with Crippen LogP contribution in [0, 0.1) is 10.1 Å². The number of ether oxygens (including phenoxy) is 1. The summed E-state index contributed by atoms with van der Waals surface area (Å²) in [6.07, 6.45) is 0. The van der Waals surface area contributed by atoms with Gasteiger partial charge in [0.2, 0.25) is 0 Å². The smallest absolute Gasteiger partial charge is 0.271 e. The molecule has 1 amide bonds. The molecule has 166 valence electrons. The van der Waals surface area contributed by atoms with E-state index in [9.17, 15) is 24.9 Å². The molecule has 2 N–H and O–H groups in total. The van der Waals surface area contributed by atoms with Crippen LogP contribution in [0.5, 0.6) is 5.75 Å². The summed E-state index contributed by atoms with van der Waals surface area (Å²) >= 11 is 0. The van der Waals surface area contributed by atoms with E-state index in [1.54, 1.807) is 42.5 Å². The normalized spacial score (nSPS) is 10.7. The molecule has 10 heteroatoms. The fourth-order valence-electron chi connectivity index (χ4n) is 3.35. The Balaban J connectivity index is 1.64. The van der Waals surface area contributed by atoms with Crippen LogP contribution in [0.3, 0.4) is 0 Å². The van der Waals surface area contributed by atoms with Gasteiger partial charge in [0, 0.05) is 35.0 Å². The van der Waals surface area contributed by atoms with Gasteiger partial charge < -0.3 is 15.3 Å². The van der Waals surface area contributed by atoms with Crippen molar-refractivity contribution in [3.05, 3.63) is 81.9 Å².